The molecule has 0 radical (unpaired) electrons. The van der Waals surface area contributed by atoms with Gasteiger partial charge in [-0.05, 0) is 18.6 Å². The predicted molar refractivity (Wildman–Crippen MR) is 60.2 cm³/mol. The van der Waals surface area contributed by atoms with Gasteiger partial charge in [0.1, 0.15) is 0 Å². The van der Waals surface area contributed by atoms with Crippen LogP contribution < -0.4 is 10.1 Å². The molecule has 0 saturated heterocycles. The van der Waals surface area contributed by atoms with Crippen molar-refractivity contribution in [2.75, 3.05) is 5.32 Å². The van der Waals surface area contributed by atoms with Crippen molar-refractivity contribution >= 4 is 27.7 Å². The molecule has 0 aromatic carbocycles. The van der Waals surface area contributed by atoms with Crippen LogP contribution in [0.4, 0.5) is 5.82 Å². The molecule has 0 saturated carbocycles. The number of fused-ring (bicyclic) bond motifs is 1. The lowest BCUT2D eigenvalue weighted by Crippen LogP contribution is -2.36. The molecule has 1 atom stereocenters. The van der Waals surface area contributed by atoms with Gasteiger partial charge in [0.2, 0.25) is 0 Å². The van der Waals surface area contributed by atoms with Gasteiger partial charge >= 0.3 is 0 Å². The summed E-state index contributed by atoms with van der Waals surface area (Å²) in [6.45, 7) is 1.91. The Morgan fingerprint density at radius 3 is 3.07 bits per heavy atom. The summed E-state index contributed by atoms with van der Waals surface area (Å²) in [5, 5.41) is 3.40. The van der Waals surface area contributed by atoms with Crippen molar-refractivity contribution in [1.29, 1.82) is 0 Å². The summed E-state index contributed by atoms with van der Waals surface area (Å²) in [6, 6.07) is 3.71. The molecule has 15 heavy (non-hydrogen) atoms. The molecule has 1 amide bonds. The van der Waals surface area contributed by atoms with Gasteiger partial charge in [0.05, 0.1) is 5.69 Å². The molecule has 0 spiro atoms. The summed E-state index contributed by atoms with van der Waals surface area (Å²) in [4.78, 5) is 15.7. The van der Waals surface area contributed by atoms with E-state index >= 15 is 0 Å². The number of pyridine rings is 1. The van der Waals surface area contributed by atoms with Crippen LogP contribution in [0.1, 0.15) is 19.0 Å². The highest BCUT2D eigenvalue weighted by molar-refractivity contribution is 9.08. The highest BCUT2D eigenvalue weighted by Crippen LogP contribution is 2.28. The SMILES string of the molecule is CCC1Oc2ccc(CBr)nc2NC1=O. The smallest absolute Gasteiger partial charge is 0.266 e. The van der Waals surface area contributed by atoms with E-state index in [0.717, 1.165) is 5.69 Å². The van der Waals surface area contributed by atoms with Crippen LogP contribution in [0.15, 0.2) is 12.1 Å². The van der Waals surface area contributed by atoms with Crippen LogP contribution in [0.5, 0.6) is 5.75 Å². The van der Waals surface area contributed by atoms with E-state index < -0.39 is 6.10 Å². The molecule has 5 heteroatoms. The van der Waals surface area contributed by atoms with Crippen LogP contribution in [0.25, 0.3) is 0 Å². The Balaban J connectivity index is 2.32. The molecule has 1 aromatic rings. The van der Waals surface area contributed by atoms with Crippen LogP contribution in [0, 0.1) is 0 Å². The molecule has 1 N–H and O–H groups in total. The first-order valence-electron chi connectivity index (χ1n) is 4.78. The fourth-order valence-electron chi connectivity index (χ4n) is 1.42. The minimum atomic E-state index is -0.394. The maximum Gasteiger partial charge on any atom is 0.266 e. The summed E-state index contributed by atoms with van der Waals surface area (Å²) in [5.41, 5.74) is 0.868. The number of nitrogens with zero attached hydrogens (tertiary/aromatic N) is 1. The topological polar surface area (TPSA) is 51.2 Å². The molecule has 0 bridgehead atoms. The summed E-state index contributed by atoms with van der Waals surface area (Å²) in [5.74, 6) is 1.04. The average molecular weight is 271 g/mol. The third-order valence-electron chi connectivity index (χ3n) is 2.23. The Morgan fingerprint density at radius 1 is 1.60 bits per heavy atom. The van der Waals surface area contributed by atoms with E-state index in [0.29, 0.717) is 23.3 Å². The van der Waals surface area contributed by atoms with Crippen molar-refractivity contribution in [1.82, 2.24) is 4.98 Å². The maximum absolute atomic E-state index is 11.5. The number of aromatic nitrogens is 1. The second-order valence-corrected chi connectivity index (χ2v) is 3.85. The number of carbonyl (C=O) groups excluding carboxylic acids is 1. The van der Waals surface area contributed by atoms with Crippen molar-refractivity contribution in [2.24, 2.45) is 0 Å². The second kappa shape index (κ2) is 4.18. The molecular formula is C10H11BrN2O2. The van der Waals surface area contributed by atoms with Crippen LogP contribution in [0.2, 0.25) is 0 Å². The lowest BCUT2D eigenvalue weighted by Gasteiger charge is -2.24. The first kappa shape index (κ1) is 10.4. The Morgan fingerprint density at radius 2 is 2.40 bits per heavy atom. The standard InChI is InChI=1S/C10H11BrN2O2/c1-2-7-10(14)13-9-8(15-7)4-3-6(5-11)12-9/h3-4,7H,2,5H2,1H3,(H,12,13,14). The molecule has 0 aliphatic carbocycles. The fraction of sp³-hybridized carbons (Fsp3) is 0.400. The predicted octanol–water partition coefficient (Wildman–Crippen LogP) is 2.09. The lowest BCUT2D eigenvalue weighted by atomic mass is 10.2. The summed E-state index contributed by atoms with van der Waals surface area (Å²) in [7, 11) is 0. The van der Waals surface area contributed by atoms with E-state index in [2.05, 4.69) is 26.2 Å². The Labute approximate surface area is 96.2 Å². The Hall–Kier alpha value is -1.10. The minimum Gasteiger partial charge on any atom is -0.477 e. The van der Waals surface area contributed by atoms with Gasteiger partial charge in [-0.3, -0.25) is 4.79 Å². The van der Waals surface area contributed by atoms with Gasteiger partial charge in [0.15, 0.2) is 17.7 Å². The number of rotatable bonds is 2. The normalized spacial score (nSPS) is 19.1. The molecule has 4 nitrogen and oxygen atoms in total. The number of ether oxygens (including phenoxy) is 1. The number of halogens is 1. The summed E-state index contributed by atoms with van der Waals surface area (Å²) >= 11 is 3.31. The Kier molecular flexibility index (Phi) is 2.90. The molecule has 1 aliphatic heterocycles. The van der Waals surface area contributed by atoms with Crippen LogP contribution in [-0.2, 0) is 10.1 Å². The van der Waals surface area contributed by atoms with Crippen LogP contribution in [0.3, 0.4) is 0 Å². The largest absolute Gasteiger partial charge is 0.477 e. The molecule has 2 heterocycles. The highest BCUT2D eigenvalue weighted by atomic mass is 79.9. The van der Waals surface area contributed by atoms with Gasteiger partial charge < -0.3 is 10.1 Å². The molecule has 1 aromatic heterocycles. The van der Waals surface area contributed by atoms with E-state index in [1.54, 1.807) is 0 Å². The minimum absolute atomic E-state index is 0.121. The van der Waals surface area contributed by atoms with Crippen LogP contribution in [-0.4, -0.2) is 17.0 Å². The number of anilines is 1. The zero-order valence-electron chi connectivity index (χ0n) is 8.29. The van der Waals surface area contributed by atoms with E-state index in [1.807, 2.05) is 19.1 Å². The van der Waals surface area contributed by atoms with Crippen LogP contribution >= 0.6 is 15.9 Å². The van der Waals surface area contributed by atoms with Gasteiger partial charge in [0.25, 0.3) is 5.91 Å². The van der Waals surface area contributed by atoms with Gasteiger partial charge in [-0.15, -0.1) is 0 Å². The van der Waals surface area contributed by atoms with Crippen molar-refractivity contribution in [3.63, 3.8) is 0 Å². The highest BCUT2D eigenvalue weighted by Gasteiger charge is 2.26. The number of amides is 1. The van der Waals surface area contributed by atoms with Crippen molar-refractivity contribution in [3.05, 3.63) is 17.8 Å². The zero-order valence-corrected chi connectivity index (χ0v) is 9.87. The number of alkyl halides is 1. The van der Waals surface area contributed by atoms with E-state index in [9.17, 15) is 4.79 Å². The molecule has 0 fully saturated rings. The number of carbonyl (C=O) groups is 1. The molecule has 1 aliphatic rings. The van der Waals surface area contributed by atoms with E-state index in [1.165, 1.54) is 0 Å². The first-order chi connectivity index (χ1) is 7.24. The quantitative estimate of drug-likeness (QED) is 0.838. The molecule has 2 rings (SSSR count). The third kappa shape index (κ3) is 1.97. The molecule has 80 valence electrons. The second-order valence-electron chi connectivity index (χ2n) is 3.29. The van der Waals surface area contributed by atoms with Crippen molar-refractivity contribution < 1.29 is 9.53 Å². The maximum atomic E-state index is 11.5. The summed E-state index contributed by atoms with van der Waals surface area (Å²) < 4.78 is 5.50. The Bertz CT molecular complexity index is 395. The lowest BCUT2D eigenvalue weighted by molar-refractivity contribution is -0.123. The number of hydrogen-bond donors (Lipinski definition) is 1. The number of hydrogen-bond acceptors (Lipinski definition) is 3. The first-order valence-corrected chi connectivity index (χ1v) is 5.90. The average Bonchev–Trinajstić information content (AvgIpc) is 2.27. The van der Waals surface area contributed by atoms with E-state index in [4.69, 9.17) is 4.74 Å². The number of nitrogens with one attached hydrogen (secondary N) is 1. The van der Waals surface area contributed by atoms with Gasteiger partial charge in [-0.25, -0.2) is 4.98 Å². The summed E-state index contributed by atoms with van der Waals surface area (Å²) in [6.07, 6.45) is 0.264. The fourth-order valence-corrected chi connectivity index (χ4v) is 1.73. The third-order valence-corrected chi connectivity index (χ3v) is 2.80. The van der Waals surface area contributed by atoms with Gasteiger partial charge in [-0.1, -0.05) is 22.9 Å². The molecular weight excluding hydrogens is 260 g/mol. The van der Waals surface area contributed by atoms with Gasteiger partial charge in [0, 0.05) is 5.33 Å². The monoisotopic (exact) mass is 270 g/mol. The molecule has 1 unspecified atom stereocenters. The zero-order chi connectivity index (χ0) is 10.8. The van der Waals surface area contributed by atoms with Gasteiger partial charge in [-0.2, -0.15) is 0 Å². The van der Waals surface area contributed by atoms with Crippen molar-refractivity contribution in [2.45, 2.75) is 24.8 Å². The van der Waals surface area contributed by atoms with Crippen molar-refractivity contribution in [3.8, 4) is 5.75 Å². The van der Waals surface area contributed by atoms with E-state index in [-0.39, 0.29) is 5.91 Å².